The first-order valence-corrected chi connectivity index (χ1v) is 12.6. The number of phenols is 1. The molecule has 0 saturated carbocycles. The first-order chi connectivity index (χ1) is 17.4. The normalized spacial score (nSPS) is 17.0. The zero-order chi connectivity index (χ0) is 25.2. The Morgan fingerprint density at radius 2 is 1.67 bits per heavy atom. The Balaban J connectivity index is 1.56. The number of nitrogens with zero attached hydrogens (tertiary/aromatic N) is 3. The molecule has 1 aliphatic rings. The number of benzene rings is 3. The second-order valence-corrected chi connectivity index (χ2v) is 10.0. The van der Waals surface area contributed by atoms with E-state index in [1.807, 2.05) is 30.3 Å². The van der Waals surface area contributed by atoms with E-state index in [4.69, 9.17) is 0 Å². The van der Waals surface area contributed by atoms with Gasteiger partial charge in [-0.2, -0.15) is 0 Å². The van der Waals surface area contributed by atoms with Crippen LogP contribution in [0.4, 0.5) is 9.52 Å². The Morgan fingerprint density at radius 3 is 2.39 bits per heavy atom. The van der Waals surface area contributed by atoms with Gasteiger partial charge in [0.25, 0.3) is 5.78 Å². The van der Waals surface area contributed by atoms with Crippen LogP contribution in [-0.2, 0) is 15.3 Å². The van der Waals surface area contributed by atoms with Gasteiger partial charge in [0.2, 0.25) is 5.13 Å². The second kappa shape index (κ2) is 9.92. The Kier molecular flexibility index (Phi) is 6.53. The molecule has 0 aliphatic carbocycles. The number of aromatic nitrogens is 2. The van der Waals surface area contributed by atoms with Gasteiger partial charge in [-0.25, -0.2) is 4.39 Å². The third kappa shape index (κ3) is 4.48. The third-order valence-electron chi connectivity index (χ3n) is 5.60. The van der Waals surface area contributed by atoms with E-state index in [9.17, 15) is 24.2 Å². The van der Waals surface area contributed by atoms with Gasteiger partial charge in [0.1, 0.15) is 23.4 Å². The molecule has 3 aromatic carbocycles. The molecule has 1 fully saturated rings. The highest BCUT2D eigenvalue weighted by atomic mass is 32.2. The van der Waals surface area contributed by atoms with Crippen molar-refractivity contribution in [2.45, 2.75) is 16.1 Å². The number of carbonyl (C=O) groups is 2. The summed E-state index contributed by atoms with van der Waals surface area (Å²) in [6.45, 7) is 0. The minimum atomic E-state index is -1.16. The summed E-state index contributed by atoms with van der Waals surface area (Å²) in [4.78, 5) is 27.5. The predicted octanol–water partition coefficient (Wildman–Crippen LogP) is 5.30. The number of halogens is 1. The molecular weight excluding hydrogens is 501 g/mol. The van der Waals surface area contributed by atoms with Gasteiger partial charge in [0, 0.05) is 16.9 Å². The molecule has 10 heteroatoms. The molecule has 0 spiro atoms. The van der Waals surface area contributed by atoms with Gasteiger partial charge in [0.05, 0.1) is 5.57 Å². The fourth-order valence-corrected chi connectivity index (χ4v) is 5.71. The van der Waals surface area contributed by atoms with E-state index >= 15 is 0 Å². The first kappa shape index (κ1) is 23.7. The predicted molar refractivity (Wildman–Crippen MR) is 135 cm³/mol. The van der Waals surface area contributed by atoms with Crippen molar-refractivity contribution in [3.05, 3.63) is 107 Å². The Hall–Kier alpha value is -4.02. The van der Waals surface area contributed by atoms with Crippen molar-refractivity contribution in [3.8, 4) is 5.75 Å². The van der Waals surface area contributed by atoms with E-state index in [-0.39, 0.29) is 27.6 Å². The number of ketones is 1. The van der Waals surface area contributed by atoms with Crippen LogP contribution in [0.25, 0.3) is 5.76 Å². The largest absolute Gasteiger partial charge is 0.508 e. The Morgan fingerprint density at radius 1 is 0.972 bits per heavy atom. The van der Waals surface area contributed by atoms with Crippen LogP contribution in [0.15, 0.2) is 88.8 Å². The number of anilines is 1. The number of amides is 1. The van der Waals surface area contributed by atoms with Crippen molar-refractivity contribution in [1.29, 1.82) is 0 Å². The lowest BCUT2D eigenvalue weighted by molar-refractivity contribution is -0.132. The number of rotatable bonds is 6. The highest BCUT2D eigenvalue weighted by molar-refractivity contribution is 8.00. The van der Waals surface area contributed by atoms with Crippen molar-refractivity contribution >= 4 is 45.7 Å². The van der Waals surface area contributed by atoms with Crippen molar-refractivity contribution in [1.82, 2.24) is 10.2 Å². The molecule has 2 N–H and O–H groups in total. The van der Waals surface area contributed by atoms with E-state index in [0.717, 1.165) is 33.9 Å². The van der Waals surface area contributed by atoms with Crippen molar-refractivity contribution in [3.63, 3.8) is 0 Å². The summed E-state index contributed by atoms with van der Waals surface area (Å²) in [5.74, 6) is -2.38. The zero-order valence-electron chi connectivity index (χ0n) is 18.5. The molecule has 5 rings (SSSR count). The third-order valence-corrected chi connectivity index (χ3v) is 7.73. The van der Waals surface area contributed by atoms with Crippen LogP contribution >= 0.6 is 23.1 Å². The number of hydrogen-bond acceptors (Lipinski definition) is 8. The molecule has 1 aliphatic heterocycles. The molecule has 0 bridgehead atoms. The van der Waals surface area contributed by atoms with Crippen LogP contribution in [-0.4, -0.2) is 32.1 Å². The van der Waals surface area contributed by atoms with Gasteiger partial charge < -0.3 is 10.2 Å². The molecule has 1 unspecified atom stereocenters. The van der Waals surface area contributed by atoms with Crippen LogP contribution in [0.5, 0.6) is 5.75 Å². The fraction of sp³-hybridized carbons (Fsp3) is 0.0769. The standard InChI is InChI=1S/C26H18FN3O4S2/c27-17-12-10-16(11-13-17)22(32)20-21(18-8-4-5-9-19(18)31)30(24(34)23(20)33)25-28-29-26(36-25)35-14-15-6-2-1-3-7-15/h1-13,21,31-32H,14H2/b22-20+. The summed E-state index contributed by atoms with van der Waals surface area (Å²) >= 11 is 2.57. The van der Waals surface area contributed by atoms with E-state index < -0.39 is 29.3 Å². The van der Waals surface area contributed by atoms with Crippen LogP contribution < -0.4 is 4.90 Å². The number of aromatic hydroxyl groups is 1. The maximum atomic E-state index is 13.4. The summed E-state index contributed by atoms with van der Waals surface area (Å²) in [7, 11) is 0. The number of phenolic OH excluding ortho intramolecular Hbond substituents is 1. The molecular formula is C26H18FN3O4S2. The van der Waals surface area contributed by atoms with Gasteiger partial charge in [0.15, 0.2) is 4.34 Å². The lowest BCUT2D eigenvalue weighted by atomic mass is 9.95. The molecule has 0 radical (unpaired) electrons. The molecule has 4 aromatic rings. The average molecular weight is 520 g/mol. The lowest BCUT2D eigenvalue weighted by Crippen LogP contribution is -2.29. The summed E-state index contributed by atoms with van der Waals surface area (Å²) < 4.78 is 14.0. The van der Waals surface area contributed by atoms with Gasteiger partial charge in [-0.3, -0.25) is 14.5 Å². The van der Waals surface area contributed by atoms with Gasteiger partial charge in [-0.1, -0.05) is 71.6 Å². The van der Waals surface area contributed by atoms with Crippen molar-refractivity contribution in [2.24, 2.45) is 0 Å². The number of hydrogen-bond donors (Lipinski definition) is 2. The summed E-state index contributed by atoms with van der Waals surface area (Å²) in [6, 6.07) is 19.8. The summed E-state index contributed by atoms with van der Waals surface area (Å²) in [6.07, 6.45) is 0. The minimum absolute atomic E-state index is 0.152. The van der Waals surface area contributed by atoms with E-state index in [1.54, 1.807) is 18.2 Å². The molecule has 1 aromatic heterocycles. The van der Waals surface area contributed by atoms with Crippen LogP contribution in [0, 0.1) is 5.82 Å². The number of aliphatic hydroxyl groups excluding tert-OH is 1. The molecule has 7 nitrogen and oxygen atoms in total. The highest BCUT2D eigenvalue weighted by Gasteiger charge is 2.49. The SMILES string of the molecule is O=C1C(=O)N(c2nnc(SCc3ccccc3)s2)C(c2ccccc2O)/C1=C(\O)c1ccc(F)cc1. The van der Waals surface area contributed by atoms with Crippen molar-refractivity contribution in [2.75, 3.05) is 4.90 Å². The second-order valence-electron chi connectivity index (χ2n) is 7.86. The van der Waals surface area contributed by atoms with Gasteiger partial charge >= 0.3 is 5.91 Å². The van der Waals surface area contributed by atoms with Crippen LogP contribution in [0.2, 0.25) is 0 Å². The maximum absolute atomic E-state index is 13.4. The summed E-state index contributed by atoms with van der Waals surface area (Å²) in [5, 5.41) is 30.1. The number of para-hydroxylation sites is 1. The molecule has 180 valence electrons. The molecule has 1 amide bonds. The zero-order valence-corrected chi connectivity index (χ0v) is 20.2. The molecule has 1 atom stereocenters. The molecule has 36 heavy (non-hydrogen) atoms. The van der Waals surface area contributed by atoms with E-state index in [2.05, 4.69) is 10.2 Å². The van der Waals surface area contributed by atoms with Gasteiger partial charge in [-0.05, 0) is 35.9 Å². The first-order valence-electron chi connectivity index (χ1n) is 10.8. The smallest absolute Gasteiger partial charge is 0.301 e. The quantitative estimate of drug-likeness (QED) is 0.117. The van der Waals surface area contributed by atoms with Crippen LogP contribution in [0.1, 0.15) is 22.7 Å². The minimum Gasteiger partial charge on any atom is -0.508 e. The monoisotopic (exact) mass is 519 g/mol. The number of carbonyl (C=O) groups excluding carboxylic acids is 2. The number of Topliss-reactive ketones (excluding diaryl/α,β-unsaturated/α-hetero) is 1. The Bertz CT molecular complexity index is 1470. The molecule has 1 saturated heterocycles. The highest BCUT2D eigenvalue weighted by Crippen LogP contribution is 2.46. The average Bonchev–Trinajstić information content (AvgIpc) is 3.46. The van der Waals surface area contributed by atoms with E-state index in [1.165, 1.54) is 30.0 Å². The van der Waals surface area contributed by atoms with Gasteiger partial charge in [-0.15, -0.1) is 10.2 Å². The number of thioether (sulfide) groups is 1. The van der Waals surface area contributed by atoms with Crippen LogP contribution in [0.3, 0.4) is 0 Å². The summed E-state index contributed by atoms with van der Waals surface area (Å²) in [5.41, 5.74) is 1.25. The van der Waals surface area contributed by atoms with Crippen molar-refractivity contribution < 1.29 is 24.2 Å². The number of aliphatic hydroxyl groups is 1. The Labute approximate surface area is 213 Å². The molecule has 2 heterocycles. The van der Waals surface area contributed by atoms with E-state index in [0.29, 0.717) is 10.1 Å². The topological polar surface area (TPSA) is 104 Å². The maximum Gasteiger partial charge on any atom is 0.301 e. The fourth-order valence-electron chi connectivity index (χ4n) is 3.88. The lowest BCUT2D eigenvalue weighted by Gasteiger charge is -2.23.